The van der Waals surface area contributed by atoms with Gasteiger partial charge in [-0.1, -0.05) is 55.2 Å². The molecule has 7 aliphatic rings. The summed E-state index contributed by atoms with van der Waals surface area (Å²) in [5.74, 6) is -17.3. The lowest BCUT2D eigenvalue weighted by Gasteiger charge is -2.47. The number of alkyl carbamates (subject to hydrolysis) is 1. The van der Waals surface area contributed by atoms with E-state index in [9.17, 15) is 104 Å². The van der Waals surface area contributed by atoms with E-state index in [0.717, 1.165) is 66.7 Å². The van der Waals surface area contributed by atoms with Crippen LogP contribution >= 0.6 is 38.4 Å². The van der Waals surface area contributed by atoms with Crippen LogP contribution in [-0.4, -0.2) is 235 Å². The van der Waals surface area contributed by atoms with Gasteiger partial charge >= 0.3 is 27.3 Å². The summed E-state index contributed by atoms with van der Waals surface area (Å²) in [5, 5.41) is 129. The molecule has 7 aliphatic heterocycles. The van der Waals surface area contributed by atoms with Crippen LogP contribution in [0.5, 0.6) is 46.0 Å². The van der Waals surface area contributed by atoms with Crippen LogP contribution in [0.15, 0.2) is 78.9 Å². The van der Waals surface area contributed by atoms with Crippen molar-refractivity contribution in [2.45, 2.75) is 168 Å². The Morgan fingerprint density at radius 1 is 0.712 bits per heavy atom. The van der Waals surface area contributed by atoms with Crippen LogP contribution < -0.4 is 68.2 Å². The first-order chi connectivity index (χ1) is 55.2. The number of ether oxygens (including phenoxy) is 8. The highest BCUT2D eigenvalue weighted by molar-refractivity contribution is 7.72. The number of carbonyl (C=O) groups excluding carboxylic acids is 9. The van der Waals surface area contributed by atoms with Crippen molar-refractivity contribution in [1.29, 1.82) is 0 Å². The van der Waals surface area contributed by atoms with E-state index >= 15 is 19.2 Å². The molecule has 47 heteroatoms. The average Bonchev–Trinajstić information content (AvgIpc) is 0.766. The lowest BCUT2D eigenvalue weighted by molar-refractivity contribution is -0.333. The number of nitrogens with one attached hydrogen (secondary N) is 8. The van der Waals surface area contributed by atoms with Gasteiger partial charge in [-0.3, -0.25) is 42.7 Å². The summed E-state index contributed by atoms with van der Waals surface area (Å²) in [6.45, 7) is 2.88. The van der Waals surface area contributed by atoms with Crippen molar-refractivity contribution in [3.63, 3.8) is 0 Å². The van der Waals surface area contributed by atoms with Crippen LogP contribution in [-0.2, 0) is 71.2 Å². The Morgan fingerprint density at radius 2 is 1.31 bits per heavy atom. The second kappa shape index (κ2) is 36.5. The average molecular weight is 1740 g/mol. The largest absolute Gasteiger partial charge is 0.508 e. The molecular weight excluding hydrogens is 1650 g/mol. The minimum absolute atomic E-state index is 0.140. The molecule has 11 bridgehead atoms. The zero-order valence-electron chi connectivity index (χ0n) is 62.7. The van der Waals surface area contributed by atoms with E-state index in [0.29, 0.717) is 6.07 Å². The molecule has 2 fully saturated rings. The van der Waals surface area contributed by atoms with Crippen molar-refractivity contribution in [3.8, 4) is 57.1 Å². The molecule has 0 saturated carbocycles. The van der Waals surface area contributed by atoms with Gasteiger partial charge in [0.25, 0.3) is 5.08 Å². The summed E-state index contributed by atoms with van der Waals surface area (Å²) in [6, 6.07) is -2.46. The standard InChI is InChI=1S/C71H86Cl2N10O33P2/c1-26(2)14-37(76-5)61(94)82-52-54(89)29-7-10-41(35(72)16-29)112-43-18-31-19-44(58(43)116-68-59(57(92)56(91)45(24-84)114-68)115-47-23-70(4,75)60(93)27(3)111-47)113-42-11-8-30(17-36(42)73)55(90)53-66(99)81-51(67(100)109-25-110-69(101)77-13-12-71(102,117(103,104)105)118(106,107)108)34-20-32(85)21-40(87)48(34)33-15-28(6-9-39(33)86)49(63(96)83-53)80-64(97)50(31)79-62(95)38(22-46(74)88)78-65(52)98/h6-11,15-21,26-27,37-38,45,47,49-57,59-60,68,76,84-87,89-93,102H,12-14,22-25,75H2,1-5H3,(H2,74,88)(H,77,101)(H,78,98)(H,79,95)(H,80,97)(H,81,99)(H,82,94)(H,83,96)(H2,103,104,105)(H2,106,107,108)/t27-,37+,38-,45+,47-,49+,50+,51-,52+,53-,54+,55+,56+,57-,59+,60+,68-,70-/m0/s1. The van der Waals surface area contributed by atoms with Crippen LogP contribution in [0.1, 0.15) is 112 Å². The molecule has 642 valence electrons. The van der Waals surface area contributed by atoms with Gasteiger partial charge in [0, 0.05) is 47.7 Å². The number of aromatic hydroxyl groups is 3. The molecule has 118 heavy (non-hydrogen) atoms. The maximum absolute atomic E-state index is 16.2. The predicted octanol–water partition coefficient (Wildman–Crippen LogP) is -1.36. The molecule has 8 amide bonds. The van der Waals surface area contributed by atoms with E-state index in [4.69, 9.17) is 72.6 Å². The van der Waals surface area contributed by atoms with E-state index in [2.05, 4.69) is 37.2 Å². The maximum atomic E-state index is 16.2. The first kappa shape index (κ1) is 90.7. The molecule has 5 aromatic carbocycles. The molecule has 0 unspecified atom stereocenters. The van der Waals surface area contributed by atoms with Crippen molar-refractivity contribution in [2.24, 2.45) is 17.4 Å². The number of benzene rings is 5. The Bertz CT molecular complexity index is 4790. The molecule has 12 rings (SSSR count). The van der Waals surface area contributed by atoms with Gasteiger partial charge in [0.15, 0.2) is 29.9 Å². The van der Waals surface area contributed by atoms with Gasteiger partial charge in [0.2, 0.25) is 60.2 Å². The second-order valence-electron chi connectivity index (χ2n) is 28.9. The van der Waals surface area contributed by atoms with Gasteiger partial charge in [-0.15, -0.1) is 0 Å². The number of phenols is 3. The molecule has 7 heterocycles. The molecule has 18 atom stereocenters. The highest BCUT2D eigenvalue weighted by atomic mass is 35.5. The van der Waals surface area contributed by atoms with Gasteiger partial charge in [0.1, 0.15) is 89.5 Å². The normalized spacial score (nSPS) is 27.2. The van der Waals surface area contributed by atoms with E-state index in [-0.39, 0.29) is 24.3 Å². The number of rotatable bonds is 20. The van der Waals surface area contributed by atoms with Crippen molar-refractivity contribution >= 4 is 91.8 Å². The number of nitrogens with two attached hydrogens (primary N) is 2. The van der Waals surface area contributed by atoms with Gasteiger partial charge in [-0.25, -0.2) is 9.59 Å². The molecule has 0 spiro atoms. The van der Waals surface area contributed by atoms with E-state index in [1.807, 2.05) is 0 Å². The number of carbonyl (C=O) groups is 9. The number of halogens is 2. The van der Waals surface area contributed by atoms with Crippen molar-refractivity contribution in [1.82, 2.24) is 42.5 Å². The van der Waals surface area contributed by atoms with Crippen LogP contribution in [0.3, 0.4) is 0 Å². The summed E-state index contributed by atoms with van der Waals surface area (Å²) >= 11 is 14.2. The van der Waals surface area contributed by atoms with Crippen molar-refractivity contribution in [3.05, 3.63) is 117 Å². The van der Waals surface area contributed by atoms with E-state index < -0.39 is 305 Å². The Labute approximate surface area is 678 Å². The van der Waals surface area contributed by atoms with Gasteiger partial charge < -0.3 is 163 Å². The molecule has 43 nitrogen and oxygen atoms in total. The molecule has 0 aromatic heterocycles. The number of fused-ring (bicyclic) bond motifs is 15. The Morgan fingerprint density at radius 3 is 1.88 bits per heavy atom. The number of aliphatic hydroxyl groups excluding tert-OH is 6. The quantitative estimate of drug-likeness (QED) is 0.0243. The van der Waals surface area contributed by atoms with E-state index in [1.54, 1.807) is 19.2 Å². The van der Waals surface area contributed by atoms with Crippen molar-refractivity contribution in [2.75, 3.05) is 27.0 Å². The molecule has 0 aliphatic carbocycles. The summed E-state index contributed by atoms with van der Waals surface area (Å²) in [5.41, 5.74) is 7.15. The van der Waals surface area contributed by atoms with Crippen molar-refractivity contribution < 1.29 is 161 Å². The fraction of sp³-hybridized carbons (Fsp3) is 0.451. The molecule has 2 saturated heterocycles. The third-order valence-electron chi connectivity index (χ3n) is 19.8. The summed E-state index contributed by atoms with van der Waals surface area (Å²) in [4.78, 5) is 171. The summed E-state index contributed by atoms with van der Waals surface area (Å²) in [6.07, 6.45) is -22.5. The Balaban J connectivity index is 1.17. The molecule has 26 N–H and O–H groups in total. The maximum Gasteiger partial charge on any atom is 0.410 e. The number of esters is 1. The molecule has 0 radical (unpaired) electrons. The topological polar surface area (TPSA) is 693 Å². The van der Waals surface area contributed by atoms with Gasteiger partial charge in [-0.2, -0.15) is 0 Å². The van der Waals surface area contributed by atoms with Gasteiger partial charge in [0.05, 0.1) is 41.3 Å². The third-order valence-corrected chi connectivity index (χ3v) is 24.3. The van der Waals surface area contributed by atoms with Crippen LogP contribution in [0.2, 0.25) is 10.0 Å². The number of primary amides is 1. The fourth-order valence-corrected chi connectivity index (χ4v) is 16.2. The summed E-state index contributed by atoms with van der Waals surface area (Å²) in [7, 11) is -10.6. The number of likely N-dealkylation sites (N-methyl/N-ethyl adjacent to an activating group) is 1. The highest BCUT2D eigenvalue weighted by Crippen LogP contribution is 2.69. The van der Waals surface area contributed by atoms with Crippen LogP contribution in [0, 0.1) is 5.92 Å². The zero-order valence-corrected chi connectivity index (χ0v) is 66.0. The van der Waals surface area contributed by atoms with Gasteiger partial charge in [-0.05, 0) is 110 Å². The lowest BCUT2D eigenvalue weighted by atomic mass is 9.86. The monoisotopic (exact) mass is 1740 g/mol. The third kappa shape index (κ3) is 19.9. The first-order valence-electron chi connectivity index (χ1n) is 35.9. The molecular formula is C71H86Cl2N10O33P2. The lowest BCUT2D eigenvalue weighted by Crippen LogP contribution is -2.64. The smallest absolute Gasteiger partial charge is 0.410 e. The Hall–Kier alpha value is -9.67. The number of amides is 8. The molecule has 5 aromatic rings. The number of hydrogen-bond donors (Lipinski definition) is 24. The van der Waals surface area contributed by atoms with Crippen LogP contribution in [0.25, 0.3) is 11.1 Å². The minimum atomic E-state index is -6.02. The fourth-order valence-electron chi connectivity index (χ4n) is 13.6. The summed E-state index contributed by atoms with van der Waals surface area (Å²) < 4.78 is 72.2. The van der Waals surface area contributed by atoms with E-state index in [1.165, 1.54) is 27.0 Å². The predicted molar refractivity (Wildman–Crippen MR) is 401 cm³/mol. The SMILES string of the molecule is CN[C@H](CC(C)C)C(=O)N[C@H]1C(=O)N[C@@H](CC(N)=O)C(=O)N[C@H]2C(=O)N[C@H]3C(=O)N[C@H](C(=O)N[C@H](C(=O)OCOC(=O)NCCC(O)(P(=O)(O)O)P(=O)(O)O)c4cc(O)cc(O)c4-c4cc3ccc4O)[C@H](O)c3ccc(c(Cl)c3)Oc3cc2cc(c3O[C@@H]2O[C@H](CO)[C@@H](O)[C@H](O)[C@H]2O[C@H]2C[C@](C)(N)[C@H](O)[C@H](C)O2)Oc2ccc(cc2Cl)[C@H]1O. The number of phenolic OH excluding ortho intramolecular Hbond substituents is 3. The number of aliphatic hydroxyl groups is 7. The Kier molecular flexibility index (Phi) is 28.0. The first-order valence-corrected chi connectivity index (χ1v) is 39.9. The highest BCUT2D eigenvalue weighted by Gasteiger charge is 2.59. The number of hydrogen-bond acceptors (Lipinski definition) is 31. The van der Waals surface area contributed by atoms with Crippen LogP contribution in [0.4, 0.5) is 4.79 Å². The minimum Gasteiger partial charge on any atom is -0.508 e. The second-order valence-corrected chi connectivity index (χ2v) is 33.8. The zero-order chi connectivity index (χ0) is 86.9.